The zero-order valence-corrected chi connectivity index (χ0v) is 13.1. The van der Waals surface area contributed by atoms with Crippen LogP contribution in [-0.2, 0) is 11.2 Å². The van der Waals surface area contributed by atoms with E-state index >= 15 is 0 Å². The number of benzene rings is 1. The van der Waals surface area contributed by atoms with E-state index in [1.165, 1.54) is 6.33 Å². The van der Waals surface area contributed by atoms with E-state index < -0.39 is 11.9 Å². The molecule has 7 heteroatoms. The van der Waals surface area contributed by atoms with Crippen LogP contribution in [0.3, 0.4) is 0 Å². The van der Waals surface area contributed by atoms with Gasteiger partial charge in [-0.1, -0.05) is 29.8 Å². The van der Waals surface area contributed by atoms with Crippen LogP contribution in [0, 0.1) is 3.57 Å². The summed E-state index contributed by atoms with van der Waals surface area (Å²) in [4.78, 5) is 29.5. The topological polar surface area (TPSA) is 83.0 Å². The molecule has 1 heterocycles. The highest BCUT2D eigenvalue weighted by Crippen LogP contribution is 2.25. The lowest BCUT2D eigenvalue weighted by Crippen LogP contribution is -2.22. The Balaban J connectivity index is 2.43. The Morgan fingerprint density at radius 1 is 1.45 bits per heavy atom. The van der Waals surface area contributed by atoms with E-state index in [9.17, 15) is 14.7 Å². The van der Waals surface area contributed by atoms with E-state index in [4.69, 9.17) is 11.6 Å². The Hall–Kier alpha value is -1.41. The third-order valence-electron chi connectivity index (χ3n) is 2.83. The molecule has 0 saturated heterocycles. The molecule has 0 amide bonds. The van der Waals surface area contributed by atoms with Gasteiger partial charge in [-0.2, -0.15) is 0 Å². The van der Waals surface area contributed by atoms with E-state index in [1.807, 2.05) is 0 Å². The minimum Gasteiger partial charge on any atom is -0.481 e. The van der Waals surface area contributed by atoms with Gasteiger partial charge in [0.05, 0.1) is 12.0 Å². The summed E-state index contributed by atoms with van der Waals surface area (Å²) >= 11 is 7.85. The summed E-state index contributed by atoms with van der Waals surface area (Å²) in [5, 5.41) is 9.89. The normalized spacial score (nSPS) is 12.1. The van der Waals surface area contributed by atoms with Crippen LogP contribution in [0.1, 0.15) is 17.2 Å². The number of nitrogens with zero attached hydrogens (tertiary/aromatic N) is 1. The summed E-state index contributed by atoms with van der Waals surface area (Å²) in [5.41, 5.74) is 0.613. The molecule has 1 atom stereocenters. The molecule has 0 aliphatic rings. The number of aliphatic carboxylic acids is 1. The van der Waals surface area contributed by atoms with Gasteiger partial charge in [0.25, 0.3) is 5.56 Å². The number of H-pyrrole nitrogens is 1. The number of aromatic nitrogens is 2. The second-order valence-corrected chi connectivity index (χ2v) is 5.60. The first-order chi connectivity index (χ1) is 9.50. The number of carbonyl (C=O) groups is 1. The molecule has 1 aromatic carbocycles. The number of carboxylic acids is 1. The van der Waals surface area contributed by atoms with Crippen molar-refractivity contribution in [1.82, 2.24) is 9.97 Å². The van der Waals surface area contributed by atoms with E-state index in [1.54, 1.807) is 46.9 Å². The highest BCUT2D eigenvalue weighted by molar-refractivity contribution is 14.1. The van der Waals surface area contributed by atoms with Crippen LogP contribution in [-0.4, -0.2) is 21.0 Å². The van der Waals surface area contributed by atoms with Crippen molar-refractivity contribution in [1.29, 1.82) is 0 Å². The van der Waals surface area contributed by atoms with Crippen molar-refractivity contribution in [3.05, 3.63) is 60.8 Å². The summed E-state index contributed by atoms with van der Waals surface area (Å²) in [5.74, 6) is -1.95. The van der Waals surface area contributed by atoms with Crippen molar-refractivity contribution < 1.29 is 9.90 Å². The average Bonchev–Trinajstić information content (AvgIpc) is 2.41. The first-order valence-corrected chi connectivity index (χ1v) is 7.15. The molecule has 0 spiro atoms. The number of rotatable bonds is 4. The third kappa shape index (κ3) is 3.18. The fraction of sp³-hybridized carbons (Fsp3) is 0.154. The molecule has 0 saturated carbocycles. The second kappa shape index (κ2) is 6.36. The van der Waals surface area contributed by atoms with Gasteiger partial charge in [0.2, 0.25) is 0 Å². The second-order valence-electron chi connectivity index (χ2n) is 4.12. The predicted molar refractivity (Wildman–Crippen MR) is 83.1 cm³/mol. The van der Waals surface area contributed by atoms with Gasteiger partial charge in [0.15, 0.2) is 0 Å². The SMILES string of the molecule is O=C(O)C(Cc1ccccc1Cl)c1nc[nH]c(=O)c1I. The Labute approximate surface area is 133 Å². The molecule has 2 rings (SSSR count). The molecule has 2 N–H and O–H groups in total. The van der Waals surface area contributed by atoms with Crippen molar-refractivity contribution in [3.8, 4) is 0 Å². The smallest absolute Gasteiger partial charge is 0.312 e. The molecule has 0 aliphatic carbocycles. The maximum absolute atomic E-state index is 11.6. The van der Waals surface area contributed by atoms with E-state index in [0.717, 1.165) is 0 Å². The van der Waals surface area contributed by atoms with Crippen LogP contribution in [0.4, 0.5) is 0 Å². The fourth-order valence-electron chi connectivity index (χ4n) is 1.82. The van der Waals surface area contributed by atoms with Gasteiger partial charge in [0.1, 0.15) is 9.49 Å². The molecule has 0 fully saturated rings. The van der Waals surface area contributed by atoms with E-state index in [-0.39, 0.29) is 21.2 Å². The Morgan fingerprint density at radius 3 is 2.80 bits per heavy atom. The molecule has 0 aliphatic heterocycles. The first kappa shape index (κ1) is 15.0. The molecule has 5 nitrogen and oxygen atoms in total. The molecule has 104 valence electrons. The zero-order valence-electron chi connectivity index (χ0n) is 10.1. The van der Waals surface area contributed by atoms with Crippen LogP contribution in [0.25, 0.3) is 0 Å². The summed E-state index contributed by atoms with van der Waals surface area (Å²) in [6, 6.07) is 7.03. The van der Waals surface area contributed by atoms with Gasteiger partial charge < -0.3 is 10.1 Å². The largest absolute Gasteiger partial charge is 0.481 e. The molecule has 1 unspecified atom stereocenters. The molecular formula is C13H10ClIN2O3. The molecule has 2 aromatic rings. The summed E-state index contributed by atoms with van der Waals surface area (Å²) < 4.78 is 0.282. The van der Waals surface area contributed by atoms with Crippen molar-refractivity contribution in [2.45, 2.75) is 12.3 Å². The number of halogens is 2. The van der Waals surface area contributed by atoms with Gasteiger partial charge in [-0.05, 0) is 40.6 Å². The maximum atomic E-state index is 11.6. The highest BCUT2D eigenvalue weighted by atomic mass is 127. The standard InChI is InChI=1S/C13H10ClIN2O3/c14-9-4-2-1-3-7(9)5-8(13(19)20)11-10(15)12(18)17-6-16-11/h1-4,6,8H,5H2,(H,19,20)(H,16,17,18). The zero-order chi connectivity index (χ0) is 14.7. The number of carboxylic acid groups (broad SMARTS) is 1. The van der Waals surface area contributed by atoms with Gasteiger partial charge in [0, 0.05) is 5.02 Å². The van der Waals surface area contributed by atoms with Gasteiger partial charge >= 0.3 is 5.97 Å². The van der Waals surface area contributed by atoms with Gasteiger partial charge in [-0.3, -0.25) is 9.59 Å². The monoisotopic (exact) mass is 404 g/mol. The van der Waals surface area contributed by atoms with Crippen LogP contribution in [0.5, 0.6) is 0 Å². The maximum Gasteiger partial charge on any atom is 0.312 e. The molecular weight excluding hydrogens is 395 g/mol. The fourth-order valence-corrected chi connectivity index (χ4v) is 2.71. The van der Waals surface area contributed by atoms with Crippen LogP contribution >= 0.6 is 34.2 Å². The number of aromatic amines is 1. The number of nitrogens with one attached hydrogen (secondary N) is 1. The molecule has 20 heavy (non-hydrogen) atoms. The van der Waals surface area contributed by atoms with Gasteiger partial charge in [-0.15, -0.1) is 0 Å². The van der Waals surface area contributed by atoms with Gasteiger partial charge in [-0.25, -0.2) is 4.98 Å². The van der Waals surface area contributed by atoms with Crippen molar-refractivity contribution >= 4 is 40.2 Å². The number of hydrogen-bond acceptors (Lipinski definition) is 3. The lowest BCUT2D eigenvalue weighted by Gasteiger charge is -2.13. The van der Waals surface area contributed by atoms with Crippen molar-refractivity contribution in [2.24, 2.45) is 0 Å². The first-order valence-electron chi connectivity index (χ1n) is 5.70. The molecule has 1 aromatic heterocycles. The summed E-state index contributed by atoms with van der Waals surface area (Å²) in [6.07, 6.45) is 1.39. The number of hydrogen-bond donors (Lipinski definition) is 2. The third-order valence-corrected chi connectivity index (χ3v) is 4.24. The van der Waals surface area contributed by atoms with Crippen LogP contribution in [0.2, 0.25) is 5.02 Å². The minimum absolute atomic E-state index is 0.182. The van der Waals surface area contributed by atoms with E-state index in [2.05, 4.69) is 9.97 Å². The summed E-state index contributed by atoms with van der Waals surface area (Å²) in [7, 11) is 0. The molecule has 0 bridgehead atoms. The van der Waals surface area contributed by atoms with E-state index in [0.29, 0.717) is 10.6 Å². The average molecular weight is 405 g/mol. The van der Waals surface area contributed by atoms with Crippen molar-refractivity contribution in [2.75, 3.05) is 0 Å². The highest BCUT2D eigenvalue weighted by Gasteiger charge is 2.26. The quantitative estimate of drug-likeness (QED) is 0.767. The Morgan fingerprint density at radius 2 is 2.15 bits per heavy atom. The van der Waals surface area contributed by atoms with Crippen LogP contribution in [0.15, 0.2) is 35.4 Å². The predicted octanol–water partition coefficient (Wildman–Crippen LogP) is 2.44. The van der Waals surface area contributed by atoms with Crippen molar-refractivity contribution in [3.63, 3.8) is 0 Å². The lowest BCUT2D eigenvalue weighted by molar-refractivity contribution is -0.138. The summed E-state index contributed by atoms with van der Waals surface area (Å²) in [6.45, 7) is 0. The minimum atomic E-state index is -1.04. The Bertz CT molecular complexity index is 702. The molecule has 0 radical (unpaired) electrons. The Kier molecular flexibility index (Phi) is 4.77. The lowest BCUT2D eigenvalue weighted by atomic mass is 9.96. The van der Waals surface area contributed by atoms with Crippen LogP contribution < -0.4 is 5.56 Å².